The van der Waals surface area contributed by atoms with Crippen LogP contribution in [-0.2, 0) is 0 Å². The van der Waals surface area contributed by atoms with Gasteiger partial charge in [0, 0.05) is 31.7 Å². The Bertz CT molecular complexity index is 653. The number of nitrogens with one attached hydrogen (secondary N) is 2. The Balaban J connectivity index is 1.69. The van der Waals surface area contributed by atoms with Crippen molar-refractivity contribution in [1.29, 1.82) is 0 Å². The number of nitrogens with zero attached hydrogens (tertiary/aromatic N) is 2. The second-order valence-corrected chi connectivity index (χ2v) is 5.60. The van der Waals surface area contributed by atoms with Crippen molar-refractivity contribution < 1.29 is 9.90 Å². The molecule has 3 rings (SSSR count). The van der Waals surface area contributed by atoms with Gasteiger partial charge in [-0.1, -0.05) is 18.2 Å². The molecule has 1 aliphatic rings. The van der Waals surface area contributed by atoms with Crippen LogP contribution in [0.2, 0.25) is 0 Å². The predicted molar refractivity (Wildman–Crippen MR) is 83.0 cm³/mol. The summed E-state index contributed by atoms with van der Waals surface area (Å²) < 4.78 is 1.70. The van der Waals surface area contributed by atoms with Crippen LogP contribution in [-0.4, -0.2) is 46.5 Å². The van der Waals surface area contributed by atoms with E-state index in [1.807, 2.05) is 37.3 Å². The number of carbonyl (C=O) groups is 1. The summed E-state index contributed by atoms with van der Waals surface area (Å²) in [5, 5.41) is 20.1. The molecular formula is C16H20N4O2. The Kier molecular flexibility index (Phi) is 4.22. The number of aromatic nitrogens is 2. The topological polar surface area (TPSA) is 79.2 Å². The van der Waals surface area contributed by atoms with E-state index in [0.29, 0.717) is 24.3 Å². The molecular weight excluding hydrogens is 280 g/mol. The van der Waals surface area contributed by atoms with Crippen LogP contribution in [0.3, 0.4) is 0 Å². The van der Waals surface area contributed by atoms with E-state index >= 15 is 0 Å². The first-order valence-corrected chi connectivity index (χ1v) is 7.44. The summed E-state index contributed by atoms with van der Waals surface area (Å²) in [6, 6.07) is 9.68. The molecule has 116 valence electrons. The van der Waals surface area contributed by atoms with Gasteiger partial charge in [0.25, 0.3) is 5.91 Å². The summed E-state index contributed by atoms with van der Waals surface area (Å²) in [5.41, 5.74) is 2.16. The van der Waals surface area contributed by atoms with E-state index < -0.39 is 6.10 Å². The highest BCUT2D eigenvalue weighted by atomic mass is 16.3. The highest BCUT2D eigenvalue weighted by molar-refractivity contribution is 5.95. The zero-order valence-corrected chi connectivity index (χ0v) is 12.5. The van der Waals surface area contributed by atoms with Crippen molar-refractivity contribution in [3.63, 3.8) is 0 Å². The van der Waals surface area contributed by atoms with Crippen molar-refractivity contribution in [3.8, 4) is 5.69 Å². The minimum Gasteiger partial charge on any atom is -0.391 e. The number of aliphatic hydroxyl groups excluding tert-OH is 1. The predicted octanol–water partition coefficient (Wildman–Crippen LogP) is 0.491. The molecule has 2 aromatic rings. The van der Waals surface area contributed by atoms with Gasteiger partial charge in [-0.15, -0.1) is 0 Å². The van der Waals surface area contributed by atoms with E-state index in [-0.39, 0.29) is 11.8 Å². The van der Waals surface area contributed by atoms with Crippen LogP contribution in [0.25, 0.3) is 5.69 Å². The van der Waals surface area contributed by atoms with Crippen molar-refractivity contribution in [2.24, 2.45) is 5.92 Å². The van der Waals surface area contributed by atoms with Crippen molar-refractivity contribution in [3.05, 3.63) is 47.8 Å². The van der Waals surface area contributed by atoms with Crippen LogP contribution < -0.4 is 10.6 Å². The van der Waals surface area contributed by atoms with Gasteiger partial charge in [-0.3, -0.25) is 4.79 Å². The summed E-state index contributed by atoms with van der Waals surface area (Å²) in [6.07, 6.45) is 1.34. The van der Waals surface area contributed by atoms with Crippen LogP contribution >= 0.6 is 0 Å². The molecule has 2 heterocycles. The average molecular weight is 300 g/mol. The first kappa shape index (κ1) is 14.7. The number of benzene rings is 1. The lowest BCUT2D eigenvalue weighted by Gasteiger charge is -2.13. The summed E-state index contributed by atoms with van der Waals surface area (Å²) in [7, 11) is 0. The Morgan fingerprint density at radius 3 is 2.86 bits per heavy atom. The molecule has 1 amide bonds. The molecule has 1 aromatic heterocycles. The molecule has 6 nitrogen and oxygen atoms in total. The maximum Gasteiger partial charge on any atom is 0.254 e. The number of amides is 1. The summed E-state index contributed by atoms with van der Waals surface area (Å²) >= 11 is 0. The van der Waals surface area contributed by atoms with Gasteiger partial charge in [0.15, 0.2) is 0 Å². The van der Waals surface area contributed by atoms with Gasteiger partial charge in [0.1, 0.15) is 0 Å². The van der Waals surface area contributed by atoms with Gasteiger partial charge in [-0.05, 0) is 19.1 Å². The van der Waals surface area contributed by atoms with Crippen molar-refractivity contribution >= 4 is 5.91 Å². The molecule has 1 aromatic carbocycles. The van der Waals surface area contributed by atoms with E-state index in [4.69, 9.17) is 0 Å². The molecule has 0 spiro atoms. The van der Waals surface area contributed by atoms with E-state index in [9.17, 15) is 9.90 Å². The van der Waals surface area contributed by atoms with Crippen molar-refractivity contribution in [2.45, 2.75) is 13.0 Å². The van der Waals surface area contributed by atoms with Crippen LogP contribution in [0, 0.1) is 12.8 Å². The van der Waals surface area contributed by atoms with Crippen LogP contribution in [0.1, 0.15) is 16.1 Å². The average Bonchev–Trinajstić information content (AvgIpc) is 3.12. The number of hydrogen-bond acceptors (Lipinski definition) is 4. The second kappa shape index (κ2) is 6.29. The van der Waals surface area contributed by atoms with Gasteiger partial charge < -0.3 is 15.7 Å². The van der Waals surface area contributed by atoms with Gasteiger partial charge in [-0.2, -0.15) is 5.10 Å². The minimum absolute atomic E-state index is 0.0634. The number of aryl methyl sites for hydroxylation is 1. The second-order valence-electron chi connectivity index (χ2n) is 5.60. The number of carbonyl (C=O) groups excluding carboxylic acids is 1. The fraction of sp³-hybridized carbons (Fsp3) is 0.375. The zero-order chi connectivity index (χ0) is 15.5. The lowest BCUT2D eigenvalue weighted by molar-refractivity contribution is 0.0926. The monoisotopic (exact) mass is 300 g/mol. The summed E-state index contributed by atoms with van der Waals surface area (Å²) in [6.45, 7) is 3.60. The van der Waals surface area contributed by atoms with E-state index in [0.717, 1.165) is 12.2 Å². The largest absolute Gasteiger partial charge is 0.391 e. The Morgan fingerprint density at radius 2 is 2.18 bits per heavy atom. The fourth-order valence-corrected chi connectivity index (χ4v) is 2.64. The molecule has 0 aliphatic carbocycles. The van der Waals surface area contributed by atoms with Gasteiger partial charge in [0.2, 0.25) is 0 Å². The number of β-amino-alcohol motifs (C(OH)–C–C–N with tert-alkyl or cyclic N) is 1. The number of hydrogen-bond donors (Lipinski definition) is 3. The van der Waals surface area contributed by atoms with Crippen molar-refractivity contribution in [1.82, 2.24) is 20.4 Å². The Hall–Kier alpha value is -2.18. The lowest BCUT2D eigenvalue weighted by Crippen LogP contribution is -2.34. The standard InChI is InChI=1S/C16H20N4O2/c1-11-14(10-20(19-11)13-5-3-2-4-6-13)16(22)18-8-12-7-17-9-15(12)21/h2-6,10,12,15,17,21H,7-9H2,1H3,(H,18,22). The molecule has 2 unspecified atom stereocenters. The van der Waals surface area contributed by atoms with Crippen LogP contribution in [0.4, 0.5) is 0 Å². The van der Waals surface area contributed by atoms with E-state index in [1.165, 1.54) is 0 Å². The number of rotatable bonds is 4. The molecule has 0 bridgehead atoms. The van der Waals surface area contributed by atoms with Crippen LogP contribution in [0.5, 0.6) is 0 Å². The molecule has 1 fully saturated rings. The zero-order valence-electron chi connectivity index (χ0n) is 12.5. The molecule has 1 saturated heterocycles. The first-order chi connectivity index (χ1) is 10.6. The van der Waals surface area contributed by atoms with Gasteiger partial charge in [-0.25, -0.2) is 4.68 Å². The summed E-state index contributed by atoms with van der Waals surface area (Å²) in [4.78, 5) is 12.3. The quantitative estimate of drug-likeness (QED) is 0.768. The normalized spacial score (nSPS) is 21.0. The third kappa shape index (κ3) is 3.03. The first-order valence-electron chi connectivity index (χ1n) is 7.44. The lowest BCUT2D eigenvalue weighted by atomic mass is 10.1. The van der Waals surface area contributed by atoms with Crippen molar-refractivity contribution in [2.75, 3.05) is 19.6 Å². The highest BCUT2D eigenvalue weighted by Gasteiger charge is 2.25. The Morgan fingerprint density at radius 1 is 1.41 bits per heavy atom. The molecule has 0 radical (unpaired) electrons. The highest BCUT2D eigenvalue weighted by Crippen LogP contribution is 2.12. The third-order valence-electron chi connectivity index (χ3n) is 3.99. The maximum absolute atomic E-state index is 12.3. The fourth-order valence-electron chi connectivity index (χ4n) is 2.64. The molecule has 0 saturated carbocycles. The molecule has 3 N–H and O–H groups in total. The van der Waals surface area contributed by atoms with E-state index in [2.05, 4.69) is 15.7 Å². The van der Waals surface area contributed by atoms with E-state index in [1.54, 1.807) is 10.9 Å². The third-order valence-corrected chi connectivity index (χ3v) is 3.99. The number of para-hydroxylation sites is 1. The minimum atomic E-state index is -0.395. The SMILES string of the molecule is Cc1nn(-c2ccccc2)cc1C(=O)NCC1CNCC1O. The summed E-state index contributed by atoms with van der Waals surface area (Å²) in [5.74, 6) is -0.0906. The van der Waals surface area contributed by atoms with Gasteiger partial charge >= 0.3 is 0 Å². The Labute approximate surface area is 129 Å². The molecule has 6 heteroatoms. The maximum atomic E-state index is 12.3. The molecule has 2 atom stereocenters. The smallest absolute Gasteiger partial charge is 0.254 e. The molecule has 22 heavy (non-hydrogen) atoms. The number of aliphatic hydroxyl groups is 1. The van der Waals surface area contributed by atoms with Crippen LogP contribution in [0.15, 0.2) is 36.5 Å². The van der Waals surface area contributed by atoms with Gasteiger partial charge in [0.05, 0.1) is 23.0 Å². The molecule has 1 aliphatic heterocycles.